The van der Waals surface area contributed by atoms with Gasteiger partial charge in [0.05, 0.1) is 0 Å². The molecule has 0 saturated heterocycles. The second kappa shape index (κ2) is 11.7. The Hall–Kier alpha value is -6.22. The van der Waals surface area contributed by atoms with Crippen LogP contribution >= 0.6 is 11.3 Å². The average molecular weight is 654 g/mol. The molecule has 0 saturated carbocycles. The summed E-state index contributed by atoms with van der Waals surface area (Å²) in [5, 5.41) is 10.2. The van der Waals surface area contributed by atoms with Crippen LogP contribution in [0.5, 0.6) is 0 Å². The Morgan fingerprint density at radius 3 is 1.42 bits per heavy atom. The number of nitrogens with zero attached hydrogens (tertiary/aromatic N) is 1. The number of benzene rings is 9. The lowest BCUT2D eigenvalue weighted by molar-refractivity contribution is 1.29. The van der Waals surface area contributed by atoms with Gasteiger partial charge >= 0.3 is 0 Å². The first kappa shape index (κ1) is 28.8. The summed E-state index contributed by atoms with van der Waals surface area (Å²) >= 11 is 1.87. The zero-order valence-corrected chi connectivity index (χ0v) is 28.1. The fraction of sp³-hybridized carbons (Fsp3) is 0. The lowest BCUT2D eigenvalue weighted by atomic mass is 9.97. The molecule has 0 atom stereocenters. The second-order valence-corrected chi connectivity index (χ2v) is 14.0. The first-order valence-electron chi connectivity index (χ1n) is 17.1. The standard InChI is InChI=1S/C48H31NS/c1-4-20-40-32(11-1)14-9-23-42(40)35-16-7-18-37(29-35)49(38-19-8-17-36(30-38)43-24-10-15-33-12-2-5-21-41(33)43)39-26-28-46-45(31-39)48-44-22-6-3-13-34(44)25-27-47(48)50-46/h1-31H. The zero-order valence-electron chi connectivity index (χ0n) is 27.3. The van der Waals surface area contributed by atoms with E-state index in [4.69, 9.17) is 0 Å². The first-order valence-corrected chi connectivity index (χ1v) is 17.9. The van der Waals surface area contributed by atoms with Crippen LogP contribution in [-0.4, -0.2) is 0 Å². The van der Waals surface area contributed by atoms with Gasteiger partial charge in [-0.1, -0.05) is 140 Å². The molecule has 0 aliphatic heterocycles. The molecule has 1 heterocycles. The lowest BCUT2D eigenvalue weighted by Crippen LogP contribution is -2.10. The van der Waals surface area contributed by atoms with Crippen molar-refractivity contribution in [3.8, 4) is 22.3 Å². The third kappa shape index (κ3) is 4.76. The molecule has 2 heteroatoms. The third-order valence-corrected chi connectivity index (χ3v) is 11.1. The van der Waals surface area contributed by atoms with E-state index in [1.54, 1.807) is 0 Å². The van der Waals surface area contributed by atoms with Crippen LogP contribution in [0.4, 0.5) is 17.1 Å². The van der Waals surface area contributed by atoms with Crippen LogP contribution in [0, 0.1) is 0 Å². The summed E-state index contributed by atoms with van der Waals surface area (Å²) in [4.78, 5) is 2.43. The molecule has 0 radical (unpaired) electrons. The van der Waals surface area contributed by atoms with Crippen molar-refractivity contribution in [2.24, 2.45) is 0 Å². The highest BCUT2D eigenvalue weighted by atomic mass is 32.1. The van der Waals surface area contributed by atoms with E-state index < -0.39 is 0 Å². The van der Waals surface area contributed by atoms with Crippen molar-refractivity contribution in [2.75, 3.05) is 4.90 Å². The summed E-state index contributed by atoms with van der Waals surface area (Å²) in [6.07, 6.45) is 0. The molecule has 0 aliphatic carbocycles. The minimum Gasteiger partial charge on any atom is -0.310 e. The molecule has 234 valence electrons. The van der Waals surface area contributed by atoms with Crippen molar-refractivity contribution >= 4 is 80.9 Å². The summed E-state index contributed by atoms with van der Waals surface area (Å²) in [7, 11) is 0. The monoisotopic (exact) mass is 653 g/mol. The Morgan fingerprint density at radius 2 is 0.800 bits per heavy atom. The maximum atomic E-state index is 2.43. The van der Waals surface area contributed by atoms with Gasteiger partial charge in [-0.2, -0.15) is 0 Å². The molecule has 10 rings (SSSR count). The Balaban J connectivity index is 1.21. The van der Waals surface area contributed by atoms with Crippen molar-refractivity contribution < 1.29 is 0 Å². The van der Waals surface area contributed by atoms with Gasteiger partial charge in [-0.3, -0.25) is 0 Å². The maximum absolute atomic E-state index is 2.43. The van der Waals surface area contributed by atoms with Gasteiger partial charge in [-0.05, 0) is 103 Å². The molecule has 1 aromatic heterocycles. The SMILES string of the molecule is c1cc(-c2cccc3ccccc23)cc(N(c2cccc(-c3cccc4ccccc34)c2)c2ccc3sc4ccc5ccccc5c4c3c2)c1. The summed E-state index contributed by atoms with van der Waals surface area (Å²) in [6, 6.07) is 68.8. The van der Waals surface area contributed by atoms with Crippen LogP contribution in [0.25, 0.3) is 74.7 Å². The van der Waals surface area contributed by atoms with Gasteiger partial charge in [0.1, 0.15) is 0 Å². The molecule has 10 aromatic rings. The van der Waals surface area contributed by atoms with E-state index >= 15 is 0 Å². The summed E-state index contributed by atoms with van der Waals surface area (Å²) in [5.74, 6) is 0. The highest BCUT2D eigenvalue weighted by molar-refractivity contribution is 7.26. The van der Waals surface area contributed by atoms with E-state index in [0.717, 1.165) is 17.1 Å². The normalized spacial score (nSPS) is 11.6. The molecule has 0 spiro atoms. The number of anilines is 3. The largest absolute Gasteiger partial charge is 0.310 e. The van der Waals surface area contributed by atoms with E-state index in [2.05, 4.69) is 193 Å². The molecule has 0 unspecified atom stereocenters. The second-order valence-electron chi connectivity index (χ2n) is 12.9. The lowest BCUT2D eigenvalue weighted by Gasteiger charge is -2.27. The Morgan fingerprint density at radius 1 is 0.320 bits per heavy atom. The highest BCUT2D eigenvalue weighted by Crippen LogP contribution is 2.44. The molecular formula is C48H31NS. The van der Waals surface area contributed by atoms with Crippen LogP contribution < -0.4 is 4.90 Å². The van der Waals surface area contributed by atoms with Crippen LogP contribution in [0.1, 0.15) is 0 Å². The topological polar surface area (TPSA) is 3.24 Å². The average Bonchev–Trinajstić information content (AvgIpc) is 3.56. The van der Waals surface area contributed by atoms with Crippen molar-refractivity contribution in [3.63, 3.8) is 0 Å². The van der Waals surface area contributed by atoms with E-state index in [-0.39, 0.29) is 0 Å². The van der Waals surface area contributed by atoms with Crippen LogP contribution in [0.3, 0.4) is 0 Å². The van der Waals surface area contributed by atoms with E-state index in [0.29, 0.717) is 0 Å². The molecule has 0 aliphatic rings. The van der Waals surface area contributed by atoms with Gasteiger partial charge in [0.15, 0.2) is 0 Å². The fourth-order valence-corrected chi connectivity index (χ4v) is 8.80. The molecule has 0 N–H and O–H groups in total. The Bertz CT molecular complexity index is 2760. The summed E-state index contributed by atoms with van der Waals surface area (Å²) < 4.78 is 2.62. The van der Waals surface area contributed by atoms with Crippen molar-refractivity contribution in [1.82, 2.24) is 0 Å². The predicted molar refractivity (Wildman–Crippen MR) is 217 cm³/mol. The van der Waals surface area contributed by atoms with Crippen molar-refractivity contribution in [2.45, 2.75) is 0 Å². The molecule has 0 amide bonds. The molecule has 50 heavy (non-hydrogen) atoms. The van der Waals surface area contributed by atoms with Crippen LogP contribution in [0.15, 0.2) is 188 Å². The molecule has 0 bridgehead atoms. The minimum absolute atomic E-state index is 1.12. The van der Waals surface area contributed by atoms with Gasteiger partial charge in [0.2, 0.25) is 0 Å². The van der Waals surface area contributed by atoms with E-state index in [9.17, 15) is 0 Å². The minimum atomic E-state index is 1.12. The van der Waals surface area contributed by atoms with Gasteiger partial charge in [-0.25, -0.2) is 0 Å². The van der Waals surface area contributed by atoms with Crippen molar-refractivity contribution in [1.29, 1.82) is 0 Å². The van der Waals surface area contributed by atoms with Gasteiger partial charge in [-0.15, -0.1) is 11.3 Å². The number of hydrogen-bond donors (Lipinski definition) is 0. The quantitative estimate of drug-likeness (QED) is 0.179. The summed E-state index contributed by atoms with van der Waals surface area (Å²) in [6.45, 7) is 0. The smallest absolute Gasteiger partial charge is 0.0468 e. The predicted octanol–water partition coefficient (Wildman–Crippen LogP) is 14.3. The zero-order chi connectivity index (χ0) is 33.0. The van der Waals surface area contributed by atoms with Crippen LogP contribution in [-0.2, 0) is 0 Å². The van der Waals surface area contributed by atoms with Crippen LogP contribution in [0.2, 0.25) is 0 Å². The van der Waals surface area contributed by atoms with Gasteiger partial charge < -0.3 is 4.90 Å². The van der Waals surface area contributed by atoms with E-state index in [1.807, 2.05) is 11.3 Å². The molecule has 9 aromatic carbocycles. The molecule has 1 nitrogen and oxygen atoms in total. The Labute approximate surface area is 294 Å². The van der Waals surface area contributed by atoms with Gasteiger partial charge in [0, 0.05) is 37.2 Å². The maximum Gasteiger partial charge on any atom is 0.0468 e. The Kier molecular flexibility index (Phi) is 6.75. The highest BCUT2D eigenvalue weighted by Gasteiger charge is 2.18. The fourth-order valence-electron chi connectivity index (χ4n) is 7.70. The van der Waals surface area contributed by atoms with E-state index in [1.165, 1.54) is 74.7 Å². The number of thiophene rings is 1. The number of fused-ring (bicyclic) bond motifs is 7. The molecule has 0 fully saturated rings. The van der Waals surface area contributed by atoms with Gasteiger partial charge in [0.25, 0.3) is 0 Å². The van der Waals surface area contributed by atoms with Crippen molar-refractivity contribution in [3.05, 3.63) is 188 Å². The summed E-state index contributed by atoms with van der Waals surface area (Å²) in [5.41, 5.74) is 8.24. The molecular weight excluding hydrogens is 623 g/mol. The number of rotatable bonds is 5. The first-order chi connectivity index (χ1) is 24.8. The number of hydrogen-bond acceptors (Lipinski definition) is 2. The third-order valence-electron chi connectivity index (χ3n) is 10.0.